The van der Waals surface area contributed by atoms with E-state index in [0.717, 1.165) is 0 Å². The van der Waals surface area contributed by atoms with Crippen LogP contribution in [0.4, 0.5) is 0 Å². The molecule has 0 bridgehead atoms. The van der Waals surface area contributed by atoms with Gasteiger partial charge in [0.1, 0.15) is 5.75 Å². The van der Waals surface area contributed by atoms with Gasteiger partial charge in [-0.2, -0.15) is 0 Å². The molecule has 1 atom stereocenters. The molecular formula is C25H26O2. The van der Waals surface area contributed by atoms with Crippen LogP contribution in [0.2, 0.25) is 0 Å². The van der Waals surface area contributed by atoms with Crippen molar-refractivity contribution in [1.82, 2.24) is 0 Å². The van der Waals surface area contributed by atoms with Gasteiger partial charge in [-0.3, -0.25) is 0 Å². The zero-order valence-corrected chi connectivity index (χ0v) is 15.6. The molecule has 3 aromatic carbocycles. The Morgan fingerprint density at radius 1 is 0.704 bits per heavy atom. The van der Waals surface area contributed by atoms with E-state index in [1.165, 1.54) is 11.1 Å². The lowest BCUT2D eigenvalue weighted by molar-refractivity contribution is -0.0191. The fraction of sp³-hybridized carbons (Fsp3) is 0.120. The van der Waals surface area contributed by atoms with Crippen molar-refractivity contribution in [2.45, 2.75) is 19.6 Å². The van der Waals surface area contributed by atoms with Crippen LogP contribution < -0.4 is 4.74 Å². The highest BCUT2D eigenvalue weighted by atomic mass is 16.6. The largest absolute Gasteiger partial charge is 0.465 e. The minimum absolute atomic E-state index is 0.606. The third-order valence-corrected chi connectivity index (χ3v) is 3.65. The predicted octanol–water partition coefficient (Wildman–Crippen LogP) is 6.21. The van der Waals surface area contributed by atoms with Gasteiger partial charge in [-0.05, 0) is 23.3 Å². The second-order valence-electron chi connectivity index (χ2n) is 5.83. The van der Waals surface area contributed by atoms with Gasteiger partial charge in [0.2, 0.25) is 0 Å². The summed E-state index contributed by atoms with van der Waals surface area (Å²) in [7, 11) is 0. The summed E-state index contributed by atoms with van der Waals surface area (Å²) in [5.41, 5.74) is 2.44. The number of hydrogen-bond acceptors (Lipinski definition) is 2. The molecule has 2 heteroatoms. The second kappa shape index (κ2) is 12.3. The zero-order valence-electron chi connectivity index (χ0n) is 15.6. The van der Waals surface area contributed by atoms with Gasteiger partial charge in [-0.25, -0.2) is 0 Å². The van der Waals surface area contributed by atoms with Crippen LogP contribution in [0.1, 0.15) is 24.5 Å². The van der Waals surface area contributed by atoms with Crippen LogP contribution in [-0.2, 0) is 0 Å². The molecule has 0 saturated carbocycles. The molecule has 0 amide bonds. The number of ether oxygens (including phenoxy) is 1. The Hall–Kier alpha value is -3.10. The number of rotatable bonds is 6. The smallest absolute Gasteiger partial charge is 0.197 e. The van der Waals surface area contributed by atoms with Gasteiger partial charge in [-0.1, -0.05) is 110 Å². The molecule has 0 saturated heterocycles. The van der Waals surface area contributed by atoms with E-state index in [1.807, 2.05) is 73.7 Å². The summed E-state index contributed by atoms with van der Waals surface area (Å²) >= 11 is 0. The quantitative estimate of drug-likeness (QED) is 0.419. The van der Waals surface area contributed by atoms with E-state index >= 15 is 0 Å². The Balaban J connectivity index is 0.000000208. The van der Waals surface area contributed by atoms with Crippen LogP contribution in [0.5, 0.6) is 5.75 Å². The van der Waals surface area contributed by atoms with Crippen molar-refractivity contribution in [3.8, 4) is 5.75 Å². The van der Waals surface area contributed by atoms with E-state index < -0.39 is 6.29 Å². The third-order valence-electron chi connectivity index (χ3n) is 3.65. The first-order valence-electron chi connectivity index (χ1n) is 9.12. The van der Waals surface area contributed by atoms with Crippen molar-refractivity contribution in [3.05, 3.63) is 114 Å². The van der Waals surface area contributed by atoms with Gasteiger partial charge in [0, 0.05) is 6.42 Å². The first-order chi connectivity index (χ1) is 13.3. The van der Waals surface area contributed by atoms with Crippen LogP contribution in [0.15, 0.2) is 103 Å². The summed E-state index contributed by atoms with van der Waals surface area (Å²) in [5.74, 6) is 0.710. The molecule has 0 aliphatic carbocycles. The molecule has 3 aromatic rings. The molecule has 0 radical (unpaired) electrons. The van der Waals surface area contributed by atoms with E-state index in [-0.39, 0.29) is 0 Å². The molecular weight excluding hydrogens is 332 g/mol. The molecule has 27 heavy (non-hydrogen) atoms. The summed E-state index contributed by atoms with van der Waals surface area (Å²) in [6, 6.07) is 29.9. The maximum absolute atomic E-state index is 9.09. The van der Waals surface area contributed by atoms with Crippen molar-refractivity contribution >= 4 is 12.2 Å². The molecule has 0 aliphatic rings. The molecule has 0 heterocycles. The summed E-state index contributed by atoms with van der Waals surface area (Å²) in [6.07, 6.45) is 8.23. The van der Waals surface area contributed by atoms with E-state index in [1.54, 1.807) is 0 Å². The highest BCUT2D eigenvalue weighted by molar-refractivity contribution is 5.56. The molecule has 0 spiro atoms. The van der Waals surface area contributed by atoms with Crippen molar-refractivity contribution in [2.75, 3.05) is 0 Å². The Kier molecular flexibility index (Phi) is 9.20. The molecule has 2 nitrogen and oxygen atoms in total. The summed E-state index contributed by atoms with van der Waals surface area (Å²) in [6.45, 7) is 1.87. The Labute approximate surface area is 162 Å². The minimum atomic E-state index is -0.683. The molecule has 1 N–H and O–H groups in total. The molecule has 0 aromatic heterocycles. The summed E-state index contributed by atoms with van der Waals surface area (Å²) in [4.78, 5) is 0. The number of hydrogen-bond donors (Lipinski definition) is 1. The maximum atomic E-state index is 9.09. The van der Waals surface area contributed by atoms with Gasteiger partial charge in [0.15, 0.2) is 6.29 Å². The lowest BCUT2D eigenvalue weighted by Gasteiger charge is -2.10. The standard InChI is InChI=1S/C16H14.C9H12O2/c1-3-9-15(10-4-1)13-7-8-14-16-11-5-2-6-12-16;1-2-9(10)11-8-6-4-3-5-7-8/h1-14H;3-7,9-10H,2H2,1H3/b13-7+,14-8+;. The zero-order chi connectivity index (χ0) is 19.2. The number of benzene rings is 3. The number of para-hydroxylation sites is 1. The number of aliphatic hydroxyl groups is 1. The molecule has 0 fully saturated rings. The monoisotopic (exact) mass is 358 g/mol. The second-order valence-corrected chi connectivity index (χ2v) is 5.83. The van der Waals surface area contributed by atoms with Crippen molar-refractivity contribution in [1.29, 1.82) is 0 Å². The lowest BCUT2D eigenvalue weighted by Crippen LogP contribution is -2.13. The summed E-state index contributed by atoms with van der Waals surface area (Å²) in [5, 5.41) is 9.09. The first kappa shape index (κ1) is 20.2. The lowest BCUT2D eigenvalue weighted by atomic mass is 10.2. The fourth-order valence-corrected chi connectivity index (χ4v) is 2.20. The van der Waals surface area contributed by atoms with Gasteiger partial charge < -0.3 is 9.84 Å². The van der Waals surface area contributed by atoms with E-state index in [0.29, 0.717) is 12.2 Å². The van der Waals surface area contributed by atoms with Gasteiger partial charge >= 0.3 is 0 Å². The molecule has 3 rings (SSSR count). The Morgan fingerprint density at radius 2 is 1.11 bits per heavy atom. The maximum Gasteiger partial charge on any atom is 0.197 e. The average Bonchev–Trinajstić information content (AvgIpc) is 2.74. The SMILES string of the molecule is C(/C=C/c1ccccc1)=C\c1ccccc1.CCC(O)Oc1ccccc1. The van der Waals surface area contributed by atoms with Crippen molar-refractivity contribution in [3.63, 3.8) is 0 Å². The molecule has 0 aliphatic heterocycles. The topological polar surface area (TPSA) is 29.5 Å². The van der Waals surface area contributed by atoms with Crippen LogP contribution in [0, 0.1) is 0 Å². The average molecular weight is 358 g/mol. The number of allylic oxidation sites excluding steroid dienone is 2. The fourth-order valence-electron chi connectivity index (χ4n) is 2.20. The van der Waals surface area contributed by atoms with Crippen LogP contribution in [0.3, 0.4) is 0 Å². The van der Waals surface area contributed by atoms with Crippen molar-refractivity contribution < 1.29 is 9.84 Å². The van der Waals surface area contributed by atoms with Gasteiger partial charge in [-0.15, -0.1) is 0 Å². The van der Waals surface area contributed by atoms with E-state index in [2.05, 4.69) is 48.6 Å². The van der Waals surface area contributed by atoms with Gasteiger partial charge in [0.25, 0.3) is 0 Å². The van der Waals surface area contributed by atoms with Gasteiger partial charge in [0.05, 0.1) is 0 Å². The van der Waals surface area contributed by atoms with E-state index in [4.69, 9.17) is 9.84 Å². The minimum Gasteiger partial charge on any atom is -0.465 e. The van der Waals surface area contributed by atoms with Crippen LogP contribution in [-0.4, -0.2) is 11.4 Å². The third kappa shape index (κ3) is 8.70. The molecule has 138 valence electrons. The highest BCUT2D eigenvalue weighted by Gasteiger charge is 1.99. The molecule has 1 unspecified atom stereocenters. The van der Waals surface area contributed by atoms with E-state index in [9.17, 15) is 0 Å². The first-order valence-corrected chi connectivity index (χ1v) is 9.12. The Bertz CT molecular complexity index is 746. The predicted molar refractivity (Wildman–Crippen MR) is 114 cm³/mol. The summed E-state index contributed by atoms with van der Waals surface area (Å²) < 4.78 is 5.12. The number of aliphatic hydroxyl groups excluding tert-OH is 1. The van der Waals surface area contributed by atoms with Crippen LogP contribution >= 0.6 is 0 Å². The Morgan fingerprint density at radius 3 is 1.52 bits per heavy atom. The highest BCUT2D eigenvalue weighted by Crippen LogP contribution is 2.10. The van der Waals surface area contributed by atoms with Crippen molar-refractivity contribution in [2.24, 2.45) is 0 Å². The van der Waals surface area contributed by atoms with Crippen LogP contribution in [0.25, 0.3) is 12.2 Å². The normalized spacial score (nSPS) is 11.8.